The second kappa shape index (κ2) is 5.12. The van der Waals surface area contributed by atoms with Crippen LogP contribution in [-0.2, 0) is 14.4 Å². The van der Waals surface area contributed by atoms with Crippen molar-refractivity contribution in [2.45, 2.75) is 0 Å². The number of amides is 3. The molecule has 80 valence electrons. The van der Waals surface area contributed by atoms with Crippen LogP contribution in [-0.4, -0.2) is 48.8 Å². The summed E-state index contributed by atoms with van der Waals surface area (Å²) < 4.78 is 0. The van der Waals surface area contributed by atoms with Gasteiger partial charge in [0.25, 0.3) is 0 Å². The average Bonchev–Trinajstić information content (AvgIpc) is 2.16. The normalized spacial score (nSPS) is 15.8. The second-order valence-corrected chi connectivity index (χ2v) is 3.03. The van der Waals surface area contributed by atoms with Crippen molar-refractivity contribution >= 4 is 17.7 Å². The summed E-state index contributed by atoms with van der Waals surface area (Å²) in [5, 5.41) is 4.80. The molecule has 0 spiro atoms. The molecule has 0 saturated carbocycles. The summed E-state index contributed by atoms with van der Waals surface area (Å²) in [6, 6.07) is 0. The van der Waals surface area contributed by atoms with Gasteiger partial charge in [-0.15, -0.1) is 6.42 Å². The molecular formula is C9H11N3O3. The highest BCUT2D eigenvalue weighted by Crippen LogP contribution is 1.94. The summed E-state index contributed by atoms with van der Waals surface area (Å²) in [5.41, 5.74) is 0. The van der Waals surface area contributed by atoms with Gasteiger partial charge in [0.05, 0.1) is 13.1 Å². The van der Waals surface area contributed by atoms with E-state index in [9.17, 15) is 14.4 Å². The highest BCUT2D eigenvalue weighted by atomic mass is 16.2. The largest absolute Gasteiger partial charge is 0.323 e. The molecule has 1 rings (SSSR count). The first-order valence-corrected chi connectivity index (χ1v) is 4.38. The van der Waals surface area contributed by atoms with Gasteiger partial charge in [0.15, 0.2) is 0 Å². The van der Waals surface area contributed by atoms with Gasteiger partial charge in [-0.25, -0.2) is 0 Å². The van der Waals surface area contributed by atoms with Crippen molar-refractivity contribution in [1.82, 2.24) is 15.5 Å². The van der Waals surface area contributed by atoms with Gasteiger partial charge in [-0.1, -0.05) is 5.92 Å². The summed E-state index contributed by atoms with van der Waals surface area (Å²) in [5.74, 6) is 1.08. The van der Waals surface area contributed by atoms with E-state index < -0.39 is 11.8 Å². The van der Waals surface area contributed by atoms with Crippen LogP contribution in [0.15, 0.2) is 0 Å². The lowest BCUT2D eigenvalue weighted by molar-refractivity contribution is -0.144. The van der Waals surface area contributed by atoms with Crippen LogP contribution in [0.3, 0.4) is 0 Å². The van der Waals surface area contributed by atoms with E-state index in [0.717, 1.165) is 0 Å². The van der Waals surface area contributed by atoms with Gasteiger partial charge >= 0.3 is 0 Å². The van der Waals surface area contributed by atoms with Crippen molar-refractivity contribution in [2.75, 3.05) is 26.2 Å². The summed E-state index contributed by atoms with van der Waals surface area (Å²) in [6.45, 7) is 0.148. The fraction of sp³-hybridized carbons (Fsp3) is 0.444. The maximum atomic E-state index is 11.4. The third-order valence-corrected chi connectivity index (χ3v) is 1.80. The number of carbonyl (C=O) groups is 3. The number of carbonyl (C=O) groups excluding carboxylic acids is 3. The van der Waals surface area contributed by atoms with E-state index in [0.29, 0.717) is 0 Å². The van der Waals surface area contributed by atoms with Gasteiger partial charge in [-0.2, -0.15) is 0 Å². The van der Waals surface area contributed by atoms with E-state index in [-0.39, 0.29) is 32.1 Å². The molecule has 6 heteroatoms. The predicted molar refractivity (Wildman–Crippen MR) is 51.4 cm³/mol. The molecule has 2 N–H and O–H groups in total. The van der Waals surface area contributed by atoms with Gasteiger partial charge < -0.3 is 4.90 Å². The van der Waals surface area contributed by atoms with E-state index in [4.69, 9.17) is 6.42 Å². The van der Waals surface area contributed by atoms with Crippen molar-refractivity contribution < 1.29 is 14.4 Å². The standard InChI is InChI=1S/C9H11N3O3/c1-2-3-10-4-9(15)12-5-7(13)11-8(14)6-12/h1,10H,3-6H2,(H,11,13,14). The van der Waals surface area contributed by atoms with Crippen molar-refractivity contribution in [3.8, 4) is 12.3 Å². The van der Waals surface area contributed by atoms with E-state index >= 15 is 0 Å². The van der Waals surface area contributed by atoms with E-state index in [1.165, 1.54) is 4.90 Å². The number of nitrogens with one attached hydrogen (secondary N) is 2. The Labute approximate surface area is 87.0 Å². The van der Waals surface area contributed by atoms with Crippen LogP contribution in [0.2, 0.25) is 0 Å². The number of hydrogen-bond donors (Lipinski definition) is 2. The molecule has 0 aromatic carbocycles. The molecular weight excluding hydrogens is 198 g/mol. The van der Waals surface area contributed by atoms with Crippen LogP contribution in [0.5, 0.6) is 0 Å². The summed E-state index contributed by atoms with van der Waals surface area (Å²) >= 11 is 0. The minimum absolute atomic E-state index is 0.0325. The quantitative estimate of drug-likeness (QED) is 0.311. The number of imide groups is 1. The SMILES string of the molecule is C#CCNCC(=O)N1CC(=O)NC(=O)C1. The Morgan fingerprint density at radius 2 is 2.07 bits per heavy atom. The van der Waals surface area contributed by atoms with Crippen LogP contribution >= 0.6 is 0 Å². The molecule has 6 nitrogen and oxygen atoms in total. The number of hydrogen-bond acceptors (Lipinski definition) is 4. The lowest BCUT2D eigenvalue weighted by Gasteiger charge is -2.25. The first-order valence-electron chi connectivity index (χ1n) is 4.38. The van der Waals surface area contributed by atoms with Crippen molar-refractivity contribution in [2.24, 2.45) is 0 Å². The fourth-order valence-electron chi connectivity index (χ4n) is 1.17. The summed E-state index contributed by atoms with van der Waals surface area (Å²) in [7, 11) is 0. The van der Waals surface area contributed by atoms with Crippen LogP contribution in [0.4, 0.5) is 0 Å². The Bertz CT molecular complexity index is 316. The Morgan fingerprint density at radius 3 is 2.60 bits per heavy atom. The fourth-order valence-corrected chi connectivity index (χ4v) is 1.17. The van der Waals surface area contributed by atoms with Crippen LogP contribution in [0, 0.1) is 12.3 Å². The molecule has 1 heterocycles. The average molecular weight is 209 g/mol. The molecule has 0 atom stereocenters. The van der Waals surface area contributed by atoms with Crippen molar-refractivity contribution in [1.29, 1.82) is 0 Å². The lowest BCUT2D eigenvalue weighted by Crippen LogP contribution is -2.54. The number of nitrogens with zero attached hydrogens (tertiary/aromatic N) is 1. The van der Waals surface area contributed by atoms with Gasteiger partial charge in [0.1, 0.15) is 13.1 Å². The zero-order chi connectivity index (χ0) is 11.3. The molecule has 0 aliphatic carbocycles. The first kappa shape index (κ1) is 11.2. The highest BCUT2D eigenvalue weighted by molar-refractivity contribution is 6.02. The Morgan fingerprint density at radius 1 is 1.47 bits per heavy atom. The molecule has 0 aromatic heterocycles. The minimum atomic E-state index is -0.462. The van der Waals surface area contributed by atoms with Crippen LogP contribution in [0.1, 0.15) is 0 Å². The lowest BCUT2D eigenvalue weighted by atomic mass is 10.3. The van der Waals surface area contributed by atoms with Crippen molar-refractivity contribution in [3.63, 3.8) is 0 Å². The topological polar surface area (TPSA) is 78.5 Å². The molecule has 15 heavy (non-hydrogen) atoms. The zero-order valence-electron chi connectivity index (χ0n) is 8.08. The van der Waals surface area contributed by atoms with Gasteiger partial charge in [0.2, 0.25) is 17.7 Å². The van der Waals surface area contributed by atoms with Gasteiger partial charge in [-0.05, 0) is 0 Å². The van der Waals surface area contributed by atoms with E-state index in [1.807, 2.05) is 0 Å². The molecule has 0 radical (unpaired) electrons. The molecule has 1 saturated heterocycles. The summed E-state index contributed by atoms with van der Waals surface area (Å²) in [6.07, 6.45) is 4.98. The molecule has 1 aliphatic rings. The molecule has 0 bridgehead atoms. The monoisotopic (exact) mass is 209 g/mol. The maximum absolute atomic E-state index is 11.4. The van der Waals surface area contributed by atoms with Crippen LogP contribution < -0.4 is 10.6 Å². The summed E-state index contributed by atoms with van der Waals surface area (Å²) in [4.78, 5) is 34.5. The minimum Gasteiger partial charge on any atom is -0.323 e. The molecule has 3 amide bonds. The Kier molecular flexibility index (Phi) is 3.83. The second-order valence-electron chi connectivity index (χ2n) is 3.03. The number of rotatable bonds is 3. The first-order chi connectivity index (χ1) is 7.13. The zero-order valence-corrected chi connectivity index (χ0v) is 8.08. The van der Waals surface area contributed by atoms with E-state index in [2.05, 4.69) is 16.6 Å². The molecule has 0 unspecified atom stereocenters. The molecule has 1 fully saturated rings. The maximum Gasteiger partial charge on any atom is 0.246 e. The Hall–Kier alpha value is -1.87. The molecule has 1 aliphatic heterocycles. The Balaban J connectivity index is 2.42. The van der Waals surface area contributed by atoms with E-state index in [1.54, 1.807) is 0 Å². The third-order valence-electron chi connectivity index (χ3n) is 1.80. The van der Waals surface area contributed by atoms with Crippen molar-refractivity contribution in [3.05, 3.63) is 0 Å². The smallest absolute Gasteiger partial charge is 0.246 e. The predicted octanol–water partition coefficient (Wildman–Crippen LogP) is -2.31. The number of piperazine rings is 1. The third kappa shape index (κ3) is 3.40. The van der Waals surface area contributed by atoms with Gasteiger partial charge in [-0.3, -0.25) is 25.0 Å². The van der Waals surface area contributed by atoms with Gasteiger partial charge in [0, 0.05) is 0 Å². The number of terminal acetylenes is 1. The molecule has 0 aromatic rings. The highest BCUT2D eigenvalue weighted by Gasteiger charge is 2.25. The van der Waals surface area contributed by atoms with Crippen LogP contribution in [0.25, 0.3) is 0 Å².